The SMILES string of the molecule is CCC(C)C[C@@H](CN(Cc1ccc(Cl)cc1)C(=O)C(F)(F)F)Nc1cc(-n2ccnc2)nc(Cl)n1. The molecule has 35 heavy (non-hydrogen) atoms. The lowest BCUT2D eigenvalue weighted by Gasteiger charge is -2.30. The number of anilines is 1. The molecule has 0 fully saturated rings. The molecule has 2 atom stereocenters. The molecule has 0 aliphatic carbocycles. The van der Waals surface area contributed by atoms with Gasteiger partial charge in [-0.2, -0.15) is 18.2 Å². The van der Waals surface area contributed by atoms with E-state index in [4.69, 9.17) is 23.2 Å². The summed E-state index contributed by atoms with van der Waals surface area (Å²) >= 11 is 12.0. The summed E-state index contributed by atoms with van der Waals surface area (Å²) in [4.78, 5) is 25.4. The standard InChI is InChI=1S/C23H25Cl2F3N6O/c1-3-15(2)10-18(30-19-11-20(32-22(25)31-19)33-9-8-29-14-33)13-34(21(35)23(26,27)28)12-16-4-6-17(24)7-5-16/h4-9,11,14-15,18H,3,10,12-13H2,1-2H3,(H,30,31,32)/t15?,18-/m0/s1. The third kappa shape index (κ3) is 7.83. The number of carbonyl (C=O) groups excluding carboxylic acids is 1. The summed E-state index contributed by atoms with van der Waals surface area (Å²) in [6.45, 7) is 3.56. The van der Waals surface area contributed by atoms with Crippen molar-refractivity contribution in [1.82, 2.24) is 24.4 Å². The van der Waals surface area contributed by atoms with Crippen LogP contribution in [0.2, 0.25) is 10.3 Å². The number of benzene rings is 1. The fraction of sp³-hybridized carbons (Fsp3) is 0.391. The zero-order valence-electron chi connectivity index (χ0n) is 19.1. The molecular formula is C23H25Cl2F3N6O. The predicted octanol–water partition coefficient (Wildman–Crippen LogP) is 5.78. The van der Waals surface area contributed by atoms with Crippen LogP contribution in [0, 0.1) is 5.92 Å². The number of alkyl halides is 3. The van der Waals surface area contributed by atoms with Gasteiger partial charge < -0.3 is 10.2 Å². The minimum Gasteiger partial charge on any atom is -0.365 e. The second-order valence-corrected chi connectivity index (χ2v) is 9.03. The Hall–Kier alpha value is -2.85. The van der Waals surface area contributed by atoms with E-state index in [9.17, 15) is 18.0 Å². The van der Waals surface area contributed by atoms with E-state index in [0.717, 1.165) is 11.3 Å². The van der Waals surface area contributed by atoms with E-state index in [0.29, 0.717) is 28.6 Å². The highest BCUT2D eigenvalue weighted by Crippen LogP contribution is 2.24. The van der Waals surface area contributed by atoms with Crippen molar-refractivity contribution in [2.75, 3.05) is 11.9 Å². The molecule has 1 amide bonds. The van der Waals surface area contributed by atoms with Crippen LogP contribution in [0.5, 0.6) is 0 Å². The summed E-state index contributed by atoms with van der Waals surface area (Å²) in [5, 5.41) is 3.58. The number of carbonyl (C=O) groups is 1. The molecule has 2 aromatic heterocycles. The molecule has 2 heterocycles. The molecule has 0 bridgehead atoms. The van der Waals surface area contributed by atoms with Crippen LogP contribution in [-0.4, -0.2) is 49.1 Å². The number of hydrogen-bond donors (Lipinski definition) is 1. The molecule has 12 heteroatoms. The molecule has 0 saturated heterocycles. The van der Waals surface area contributed by atoms with E-state index in [1.807, 2.05) is 13.8 Å². The van der Waals surface area contributed by atoms with Gasteiger partial charge in [-0.15, -0.1) is 0 Å². The molecule has 1 unspecified atom stereocenters. The van der Waals surface area contributed by atoms with E-state index in [-0.39, 0.29) is 24.3 Å². The van der Waals surface area contributed by atoms with Crippen molar-refractivity contribution in [3.05, 3.63) is 64.9 Å². The lowest BCUT2D eigenvalue weighted by molar-refractivity contribution is -0.186. The number of halogens is 5. The smallest absolute Gasteiger partial charge is 0.365 e. The second-order valence-electron chi connectivity index (χ2n) is 8.25. The van der Waals surface area contributed by atoms with Crippen LogP contribution in [0.3, 0.4) is 0 Å². The Morgan fingerprint density at radius 1 is 1.20 bits per heavy atom. The normalized spacial score (nSPS) is 13.3. The summed E-state index contributed by atoms with van der Waals surface area (Å²) in [5.41, 5.74) is 0.529. The molecule has 0 spiro atoms. The minimum atomic E-state index is -5.01. The Bertz CT molecular complexity index is 1110. The van der Waals surface area contributed by atoms with E-state index >= 15 is 0 Å². The first-order chi connectivity index (χ1) is 16.5. The van der Waals surface area contributed by atoms with Crippen molar-refractivity contribution >= 4 is 34.9 Å². The van der Waals surface area contributed by atoms with Crippen molar-refractivity contribution in [2.24, 2.45) is 5.92 Å². The summed E-state index contributed by atoms with van der Waals surface area (Å²) in [7, 11) is 0. The van der Waals surface area contributed by atoms with Gasteiger partial charge in [0.1, 0.15) is 18.0 Å². The second kappa shape index (κ2) is 11.7. The maximum Gasteiger partial charge on any atom is 0.471 e. The lowest BCUT2D eigenvalue weighted by Crippen LogP contribution is -2.46. The molecule has 0 aliphatic rings. The van der Waals surface area contributed by atoms with E-state index in [1.54, 1.807) is 47.3 Å². The lowest BCUT2D eigenvalue weighted by atomic mass is 9.98. The number of nitrogens with zero attached hydrogens (tertiary/aromatic N) is 5. The van der Waals surface area contributed by atoms with Crippen LogP contribution >= 0.6 is 23.2 Å². The highest BCUT2D eigenvalue weighted by Gasteiger charge is 2.43. The van der Waals surface area contributed by atoms with Crippen LogP contribution in [0.4, 0.5) is 19.0 Å². The highest BCUT2D eigenvalue weighted by atomic mass is 35.5. The molecule has 1 aromatic carbocycles. The van der Waals surface area contributed by atoms with Crippen molar-refractivity contribution in [1.29, 1.82) is 0 Å². The molecule has 3 rings (SSSR count). The van der Waals surface area contributed by atoms with Gasteiger partial charge in [0.05, 0.1) is 0 Å². The van der Waals surface area contributed by atoms with Gasteiger partial charge in [0.25, 0.3) is 0 Å². The van der Waals surface area contributed by atoms with Gasteiger partial charge >= 0.3 is 12.1 Å². The van der Waals surface area contributed by atoms with Crippen molar-refractivity contribution in [3.63, 3.8) is 0 Å². The Morgan fingerprint density at radius 3 is 2.51 bits per heavy atom. The fourth-order valence-corrected chi connectivity index (χ4v) is 3.83. The molecule has 7 nitrogen and oxygen atoms in total. The van der Waals surface area contributed by atoms with Crippen LogP contribution in [0.25, 0.3) is 5.82 Å². The van der Waals surface area contributed by atoms with Gasteiger partial charge in [-0.25, -0.2) is 9.97 Å². The third-order valence-corrected chi connectivity index (χ3v) is 5.87. The average molecular weight is 529 g/mol. The number of hydrogen-bond acceptors (Lipinski definition) is 5. The Morgan fingerprint density at radius 2 is 1.91 bits per heavy atom. The number of rotatable bonds is 10. The Balaban J connectivity index is 1.89. The molecule has 3 aromatic rings. The summed E-state index contributed by atoms with van der Waals surface area (Å²) in [6.07, 6.45) is 1.09. The Kier molecular flexibility index (Phi) is 8.96. The molecule has 0 radical (unpaired) electrons. The first-order valence-corrected chi connectivity index (χ1v) is 11.7. The quantitative estimate of drug-likeness (QED) is 0.337. The zero-order chi connectivity index (χ0) is 25.6. The van der Waals surface area contributed by atoms with Crippen molar-refractivity contribution < 1.29 is 18.0 Å². The summed E-state index contributed by atoms with van der Waals surface area (Å²) in [6, 6.07) is 7.41. The van der Waals surface area contributed by atoms with Crippen LogP contribution in [-0.2, 0) is 11.3 Å². The minimum absolute atomic E-state index is 0.0367. The van der Waals surface area contributed by atoms with E-state index in [2.05, 4.69) is 20.3 Å². The van der Waals surface area contributed by atoms with E-state index < -0.39 is 18.1 Å². The van der Waals surface area contributed by atoms with Crippen LogP contribution in [0.1, 0.15) is 32.3 Å². The number of nitrogens with one attached hydrogen (secondary N) is 1. The van der Waals surface area contributed by atoms with Gasteiger partial charge in [-0.3, -0.25) is 9.36 Å². The zero-order valence-corrected chi connectivity index (χ0v) is 20.6. The summed E-state index contributed by atoms with van der Waals surface area (Å²) < 4.78 is 42.0. The van der Waals surface area contributed by atoms with Gasteiger partial charge in [0.2, 0.25) is 5.28 Å². The first kappa shape index (κ1) is 26.7. The average Bonchev–Trinajstić information content (AvgIpc) is 3.33. The first-order valence-electron chi connectivity index (χ1n) is 10.9. The summed E-state index contributed by atoms with van der Waals surface area (Å²) in [5.74, 6) is -0.968. The van der Waals surface area contributed by atoms with Gasteiger partial charge in [-0.05, 0) is 41.6 Å². The highest BCUT2D eigenvalue weighted by molar-refractivity contribution is 6.30. The maximum absolute atomic E-state index is 13.5. The topological polar surface area (TPSA) is 75.9 Å². The number of aromatic nitrogens is 4. The molecular weight excluding hydrogens is 504 g/mol. The molecule has 188 valence electrons. The van der Waals surface area contributed by atoms with Gasteiger partial charge in [0.15, 0.2) is 0 Å². The number of imidazole rings is 1. The largest absolute Gasteiger partial charge is 0.471 e. The van der Waals surface area contributed by atoms with Crippen LogP contribution in [0.15, 0.2) is 49.1 Å². The van der Waals surface area contributed by atoms with Crippen molar-refractivity contribution in [3.8, 4) is 5.82 Å². The van der Waals surface area contributed by atoms with Crippen molar-refractivity contribution in [2.45, 2.75) is 45.5 Å². The third-order valence-electron chi connectivity index (χ3n) is 5.45. The molecule has 0 saturated carbocycles. The Labute approximate surface area is 211 Å². The van der Waals surface area contributed by atoms with Gasteiger partial charge in [-0.1, -0.05) is 44.0 Å². The molecule has 0 aliphatic heterocycles. The predicted molar refractivity (Wildman–Crippen MR) is 129 cm³/mol. The van der Waals surface area contributed by atoms with Crippen LogP contribution < -0.4 is 5.32 Å². The monoisotopic (exact) mass is 528 g/mol. The van der Waals surface area contributed by atoms with E-state index in [1.165, 1.54) is 6.33 Å². The molecule has 1 N–H and O–H groups in total. The maximum atomic E-state index is 13.5. The number of amides is 1. The van der Waals surface area contributed by atoms with Gasteiger partial charge in [0, 0.05) is 42.6 Å². The fourth-order valence-electron chi connectivity index (χ4n) is 3.52.